The standard InChI is InChI=1S/C22H24O2/c1-3-20-14-21(23-15-18-10-6-4-7-11-18)17(2)22(20)24-16-19-12-8-5-9-13-19/h3-14,17,21-22H,1,15-16H2,2H3/t17-,21+,22+/m0/s1. The summed E-state index contributed by atoms with van der Waals surface area (Å²) < 4.78 is 12.3. The van der Waals surface area contributed by atoms with Crippen molar-refractivity contribution in [1.82, 2.24) is 0 Å². The molecule has 0 bridgehead atoms. The number of ether oxygens (including phenoxy) is 2. The molecule has 0 unspecified atom stereocenters. The molecule has 0 aliphatic heterocycles. The molecule has 0 aromatic heterocycles. The summed E-state index contributed by atoms with van der Waals surface area (Å²) in [5.74, 6) is 0.269. The maximum atomic E-state index is 6.17. The van der Waals surface area contributed by atoms with Crippen LogP contribution >= 0.6 is 0 Å². The lowest BCUT2D eigenvalue weighted by Crippen LogP contribution is -2.27. The summed E-state index contributed by atoms with van der Waals surface area (Å²) in [5.41, 5.74) is 3.49. The molecule has 1 aliphatic rings. The number of hydrogen-bond acceptors (Lipinski definition) is 2. The fraction of sp³-hybridized carbons (Fsp3) is 0.273. The van der Waals surface area contributed by atoms with Gasteiger partial charge in [0.15, 0.2) is 0 Å². The molecule has 0 saturated carbocycles. The molecule has 24 heavy (non-hydrogen) atoms. The van der Waals surface area contributed by atoms with Gasteiger partial charge in [-0.2, -0.15) is 0 Å². The predicted octanol–water partition coefficient (Wildman–Crippen LogP) is 4.92. The average molecular weight is 320 g/mol. The SMILES string of the molecule is C=CC1=C[C@@H](OCc2ccccc2)[C@H](C)[C@H]1OCc1ccccc1. The number of hydrogen-bond donors (Lipinski definition) is 0. The van der Waals surface area contributed by atoms with Crippen LogP contribution in [0.1, 0.15) is 18.1 Å². The summed E-state index contributed by atoms with van der Waals surface area (Å²) in [6.45, 7) is 7.33. The van der Waals surface area contributed by atoms with Crippen LogP contribution in [0.3, 0.4) is 0 Å². The molecule has 0 amide bonds. The molecule has 0 heterocycles. The lowest BCUT2D eigenvalue weighted by Gasteiger charge is -2.23. The highest BCUT2D eigenvalue weighted by Crippen LogP contribution is 2.32. The zero-order valence-electron chi connectivity index (χ0n) is 14.1. The van der Waals surface area contributed by atoms with Gasteiger partial charge in [-0.25, -0.2) is 0 Å². The summed E-state index contributed by atoms with van der Waals surface area (Å²) >= 11 is 0. The third-order valence-corrected chi connectivity index (χ3v) is 4.47. The molecule has 0 fully saturated rings. The van der Waals surface area contributed by atoms with Crippen LogP contribution in [0.25, 0.3) is 0 Å². The zero-order chi connectivity index (χ0) is 16.8. The van der Waals surface area contributed by atoms with E-state index in [9.17, 15) is 0 Å². The molecule has 3 atom stereocenters. The van der Waals surface area contributed by atoms with Crippen molar-refractivity contribution in [1.29, 1.82) is 0 Å². The Morgan fingerprint density at radius 3 is 1.96 bits per heavy atom. The first-order valence-electron chi connectivity index (χ1n) is 8.43. The monoisotopic (exact) mass is 320 g/mol. The zero-order valence-corrected chi connectivity index (χ0v) is 14.1. The van der Waals surface area contributed by atoms with Crippen LogP contribution in [0.15, 0.2) is 85.0 Å². The Balaban J connectivity index is 1.60. The molecule has 1 aliphatic carbocycles. The first-order valence-corrected chi connectivity index (χ1v) is 8.43. The second-order valence-corrected chi connectivity index (χ2v) is 6.21. The van der Waals surface area contributed by atoms with Crippen LogP contribution in [0.2, 0.25) is 0 Å². The minimum atomic E-state index is 0.0310. The topological polar surface area (TPSA) is 18.5 Å². The maximum absolute atomic E-state index is 6.17. The van der Waals surface area contributed by atoms with Crippen molar-refractivity contribution in [2.45, 2.75) is 32.3 Å². The predicted molar refractivity (Wildman–Crippen MR) is 97.5 cm³/mol. The molecule has 2 aromatic rings. The molecule has 0 N–H and O–H groups in total. The van der Waals surface area contributed by atoms with Crippen molar-refractivity contribution >= 4 is 0 Å². The van der Waals surface area contributed by atoms with E-state index < -0.39 is 0 Å². The van der Waals surface area contributed by atoms with Crippen molar-refractivity contribution < 1.29 is 9.47 Å². The molecular formula is C22H24O2. The lowest BCUT2D eigenvalue weighted by atomic mass is 10.0. The van der Waals surface area contributed by atoms with Gasteiger partial charge in [0.1, 0.15) is 0 Å². The van der Waals surface area contributed by atoms with Crippen molar-refractivity contribution in [3.05, 3.63) is 96.1 Å². The average Bonchev–Trinajstić information content (AvgIpc) is 2.95. The van der Waals surface area contributed by atoms with E-state index >= 15 is 0 Å². The minimum absolute atomic E-state index is 0.0310. The third-order valence-electron chi connectivity index (χ3n) is 4.47. The highest BCUT2D eigenvalue weighted by atomic mass is 16.5. The number of benzene rings is 2. The van der Waals surface area contributed by atoms with E-state index in [-0.39, 0.29) is 18.1 Å². The molecule has 0 spiro atoms. The molecule has 2 nitrogen and oxygen atoms in total. The van der Waals surface area contributed by atoms with Gasteiger partial charge in [-0.15, -0.1) is 0 Å². The summed E-state index contributed by atoms with van der Waals surface area (Å²) in [7, 11) is 0. The Bertz CT molecular complexity index is 676. The second-order valence-electron chi connectivity index (χ2n) is 6.21. The fourth-order valence-electron chi connectivity index (χ4n) is 3.07. The fourth-order valence-corrected chi connectivity index (χ4v) is 3.07. The molecule has 2 heteroatoms. The van der Waals surface area contributed by atoms with E-state index in [0.717, 1.165) is 5.57 Å². The van der Waals surface area contributed by atoms with E-state index in [1.165, 1.54) is 11.1 Å². The van der Waals surface area contributed by atoms with Gasteiger partial charge in [-0.3, -0.25) is 0 Å². The van der Waals surface area contributed by atoms with E-state index in [4.69, 9.17) is 9.47 Å². The molecule has 2 aromatic carbocycles. The highest BCUT2D eigenvalue weighted by molar-refractivity contribution is 5.30. The van der Waals surface area contributed by atoms with Crippen LogP contribution in [0.4, 0.5) is 0 Å². The molecule has 0 saturated heterocycles. The Labute approximate surface area is 144 Å². The molecule has 0 radical (unpaired) electrons. The van der Waals surface area contributed by atoms with Gasteiger partial charge in [-0.1, -0.05) is 80.2 Å². The van der Waals surface area contributed by atoms with E-state index in [0.29, 0.717) is 13.2 Å². The largest absolute Gasteiger partial charge is 0.369 e. The van der Waals surface area contributed by atoms with Gasteiger partial charge in [0.05, 0.1) is 25.4 Å². The number of rotatable bonds is 7. The van der Waals surface area contributed by atoms with Crippen molar-refractivity contribution in [2.75, 3.05) is 0 Å². The summed E-state index contributed by atoms with van der Waals surface area (Å²) in [6.07, 6.45) is 4.12. The van der Waals surface area contributed by atoms with Gasteiger partial charge in [0, 0.05) is 5.92 Å². The Kier molecular flexibility index (Phi) is 5.63. The normalized spacial score (nSPS) is 23.0. The summed E-state index contributed by atoms with van der Waals surface area (Å²) in [4.78, 5) is 0. The Morgan fingerprint density at radius 2 is 1.42 bits per heavy atom. The molecule has 124 valence electrons. The van der Waals surface area contributed by atoms with E-state index in [1.807, 2.05) is 42.5 Å². The van der Waals surface area contributed by atoms with Crippen LogP contribution in [0, 0.1) is 5.92 Å². The minimum Gasteiger partial charge on any atom is -0.369 e. The van der Waals surface area contributed by atoms with Crippen molar-refractivity contribution in [3.63, 3.8) is 0 Å². The maximum Gasteiger partial charge on any atom is 0.0880 e. The van der Waals surface area contributed by atoms with Crippen molar-refractivity contribution in [3.8, 4) is 0 Å². The van der Waals surface area contributed by atoms with E-state index in [2.05, 4.69) is 43.8 Å². The summed E-state index contributed by atoms with van der Waals surface area (Å²) in [5, 5.41) is 0. The van der Waals surface area contributed by atoms with Gasteiger partial charge in [0.25, 0.3) is 0 Å². The van der Waals surface area contributed by atoms with Crippen LogP contribution < -0.4 is 0 Å². The Morgan fingerprint density at radius 1 is 0.875 bits per heavy atom. The molecular weight excluding hydrogens is 296 g/mol. The third kappa shape index (κ3) is 4.02. The molecule has 3 rings (SSSR count). The van der Waals surface area contributed by atoms with Crippen LogP contribution in [0.5, 0.6) is 0 Å². The first-order chi connectivity index (χ1) is 11.8. The van der Waals surface area contributed by atoms with Gasteiger partial charge in [0.2, 0.25) is 0 Å². The van der Waals surface area contributed by atoms with Gasteiger partial charge in [-0.05, 0) is 22.8 Å². The van der Waals surface area contributed by atoms with Crippen LogP contribution in [-0.4, -0.2) is 12.2 Å². The van der Waals surface area contributed by atoms with Gasteiger partial charge < -0.3 is 9.47 Å². The second kappa shape index (κ2) is 8.09. The lowest BCUT2D eigenvalue weighted by molar-refractivity contribution is -0.0214. The highest BCUT2D eigenvalue weighted by Gasteiger charge is 2.34. The van der Waals surface area contributed by atoms with Crippen molar-refractivity contribution in [2.24, 2.45) is 5.92 Å². The van der Waals surface area contributed by atoms with E-state index in [1.54, 1.807) is 0 Å². The Hall–Kier alpha value is -2.16. The quantitative estimate of drug-likeness (QED) is 0.721. The smallest absolute Gasteiger partial charge is 0.0880 e. The van der Waals surface area contributed by atoms with Gasteiger partial charge >= 0.3 is 0 Å². The first kappa shape index (κ1) is 16.7. The van der Waals surface area contributed by atoms with Crippen LogP contribution in [-0.2, 0) is 22.7 Å². The summed E-state index contributed by atoms with van der Waals surface area (Å²) in [6, 6.07) is 20.5.